The lowest BCUT2D eigenvalue weighted by Crippen LogP contribution is -2.38. The Morgan fingerprint density at radius 3 is 2.54 bits per heavy atom. The van der Waals surface area contributed by atoms with E-state index < -0.39 is 11.6 Å². The van der Waals surface area contributed by atoms with Crippen molar-refractivity contribution in [3.05, 3.63) is 29.8 Å². The molecule has 2 fully saturated rings. The van der Waals surface area contributed by atoms with Crippen molar-refractivity contribution in [1.82, 2.24) is 5.32 Å². The molecule has 1 aromatic carbocycles. The third-order valence-electron chi connectivity index (χ3n) is 5.26. The molecule has 1 saturated heterocycles. The summed E-state index contributed by atoms with van der Waals surface area (Å²) in [6.45, 7) is 1.42. The van der Waals surface area contributed by atoms with E-state index in [2.05, 4.69) is 5.32 Å². The van der Waals surface area contributed by atoms with E-state index in [1.807, 2.05) is 0 Å². The Balaban J connectivity index is 1.49. The molecular formula is C17H21F2NO4. The number of hydrogen-bond donors (Lipinski definition) is 2. The fraction of sp³-hybridized carbons (Fsp3) is 0.588. The maximum atomic E-state index is 13.1. The van der Waals surface area contributed by atoms with E-state index in [-0.39, 0.29) is 35.7 Å². The Morgan fingerprint density at radius 2 is 1.92 bits per heavy atom. The highest BCUT2D eigenvalue weighted by Crippen LogP contribution is 2.68. The summed E-state index contributed by atoms with van der Waals surface area (Å²) in [6.07, 6.45) is 2.65. The Labute approximate surface area is 138 Å². The van der Waals surface area contributed by atoms with Gasteiger partial charge in [0.15, 0.2) is 6.61 Å². The molecule has 1 aliphatic heterocycles. The van der Waals surface area contributed by atoms with Gasteiger partial charge in [0.1, 0.15) is 17.4 Å². The molecule has 0 aromatic heterocycles. The molecular weight excluding hydrogens is 320 g/mol. The molecule has 1 atom stereocenters. The number of amides is 1. The van der Waals surface area contributed by atoms with Crippen LogP contribution in [0.3, 0.4) is 0 Å². The van der Waals surface area contributed by atoms with Gasteiger partial charge in [0, 0.05) is 43.4 Å². The number of carbonyl (C=O) groups excluding carboxylic acids is 1. The standard InChI is InChI=1S/C17H21F2NO4/c18-12-5-13(19)7-14(6-12)24-8-15(22)20-10-17(11-21)9-16(17)1-3-23-4-2-16/h5-7,21H,1-4,8-11H2,(H,20,22). The zero-order valence-corrected chi connectivity index (χ0v) is 13.3. The molecule has 1 aromatic rings. The minimum absolute atomic E-state index is 0.0171. The maximum Gasteiger partial charge on any atom is 0.257 e. The van der Waals surface area contributed by atoms with Gasteiger partial charge in [-0.2, -0.15) is 0 Å². The van der Waals surface area contributed by atoms with Crippen LogP contribution in [0.15, 0.2) is 18.2 Å². The second-order valence-electron chi connectivity index (χ2n) is 6.68. The average molecular weight is 341 g/mol. The van der Waals surface area contributed by atoms with E-state index in [1.165, 1.54) is 0 Å². The summed E-state index contributed by atoms with van der Waals surface area (Å²) >= 11 is 0. The summed E-state index contributed by atoms with van der Waals surface area (Å²) in [5.41, 5.74) is -0.239. The number of benzene rings is 1. The number of aliphatic hydroxyl groups excluding tert-OH is 1. The lowest BCUT2D eigenvalue weighted by molar-refractivity contribution is -0.123. The van der Waals surface area contributed by atoms with Crippen LogP contribution in [0.25, 0.3) is 0 Å². The Bertz CT molecular complexity index is 598. The lowest BCUT2D eigenvalue weighted by atomic mass is 9.86. The molecule has 2 aliphatic rings. The van der Waals surface area contributed by atoms with Gasteiger partial charge in [-0.3, -0.25) is 4.79 Å². The summed E-state index contributed by atoms with van der Waals surface area (Å²) < 4.78 is 36.6. The Hall–Kier alpha value is -1.73. The molecule has 24 heavy (non-hydrogen) atoms. The summed E-state index contributed by atoms with van der Waals surface area (Å²) in [5.74, 6) is -1.94. The summed E-state index contributed by atoms with van der Waals surface area (Å²) in [5, 5.41) is 12.5. The van der Waals surface area contributed by atoms with Crippen LogP contribution in [0.4, 0.5) is 8.78 Å². The molecule has 2 N–H and O–H groups in total. The molecule has 1 unspecified atom stereocenters. The first-order valence-corrected chi connectivity index (χ1v) is 8.03. The molecule has 1 saturated carbocycles. The third kappa shape index (κ3) is 3.37. The van der Waals surface area contributed by atoms with Crippen LogP contribution in [0.5, 0.6) is 5.75 Å². The van der Waals surface area contributed by atoms with Gasteiger partial charge in [-0.05, 0) is 24.7 Å². The first kappa shape index (κ1) is 17.1. The molecule has 0 bridgehead atoms. The number of nitrogens with one attached hydrogen (secondary N) is 1. The minimum atomic E-state index is -0.760. The number of carbonyl (C=O) groups is 1. The van der Waals surface area contributed by atoms with Crippen molar-refractivity contribution in [1.29, 1.82) is 0 Å². The summed E-state index contributed by atoms with van der Waals surface area (Å²) in [4.78, 5) is 11.9. The van der Waals surface area contributed by atoms with Crippen LogP contribution in [0.1, 0.15) is 19.3 Å². The molecule has 1 amide bonds. The van der Waals surface area contributed by atoms with Gasteiger partial charge in [0.05, 0.1) is 6.61 Å². The average Bonchev–Trinajstić information content (AvgIpc) is 3.17. The zero-order chi connectivity index (χ0) is 17.2. The van der Waals surface area contributed by atoms with Gasteiger partial charge < -0.3 is 19.9 Å². The largest absolute Gasteiger partial charge is 0.484 e. The van der Waals surface area contributed by atoms with Gasteiger partial charge in [0.25, 0.3) is 5.91 Å². The number of hydrogen-bond acceptors (Lipinski definition) is 4. The highest BCUT2D eigenvalue weighted by Gasteiger charge is 2.66. The van der Waals surface area contributed by atoms with Gasteiger partial charge in [-0.25, -0.2) is 8.78 Å². The van der Waals surface area contributed by atoms with E-state index in [4.69, 9.17) is 9.47 Å². The number of halogens is 2. The highest BCUT2D eigenvalue weighted by molar-refractivity contribution is 5.77. The van der Waals surface area contributed by atoms with Crippen molar-refractivity contribution in [2.75, 3.05) is 33.0 Å². The molecule has 1 spiro atoms. The number of aliphatic hydroxyl groups is 1. The monoisotopic (exact) mass is 341 g/mol. The van der Waals surface area contributed by atoms with E-state index in [1.54, 1.807) is 0 Å². The fourth-order valence-electron chi connectivity index (χ4n) is 3.68. The van der Waals surface area contributed by atoms with Crippen molar-refractivity contribution < 1.29 is 28.2 Å². The normalized spacial score (nSPS) is 24.6. The molecule has 0 radical (unpaired) electrons. The van der Waals surface area contributed by atoms with Crippen molar-refractivity contribution in [2.24, 2.45) is 10.8 Å². The fourth-order valence-corrected chi connectivity index (χ4v) is 3.68. The van der Waals surface area contributed by atoms with Gasteiger partial charge in [-0.1, -0.05) is 0 Å². The Morgan fingerprint density at radius 1 is 1.25 bits per heavy atom. The molecule has 1 aliphatic carbocycles. The maximum absolute atomic E-state index is 13.1. The summed E-state index contributed by atoms with van der Waals surface area (Å²) in [7, 11) is 0. The second-order valence-corrected chi connectivity index (χ2v) is 6.68. The van der Waals surface area contributed by atoms with Gasteiger partial charge >= 0.3 is 0 Å². The molecule has 5 nitrogen and oxygen atoms in total. The number of ether oxygens (including phenoxy) is 2. The third-order valence-corrected chi connectivity index (χ3v) is 5.26. The topological polar surface area (TPSA) is 67.8 Å². The van der Waals surface area contributed by atoms with Crippen molar-refractivity contribution in [3.8, 4) is 5.75 Å². The highest BCUT2D eigenvalue weighted by atomic mass is 19.1. The van der Waals surface area contributed by atoms with E-state index in [0.29, 0.717) is 19.8 Å². The predicted molar refractivity (Wildman–Crippen MR) is 81.5 cm³/mol. The zero-order valence-electron chi connectivity index (χ0n) is 13.3. The van der Waals surface area contributed by atoms with Crippen molar-refractivity contribution in [2.45, 2.75) is 19.3 Å². The van der Waals surface area contributed by atoms with Crippen LogP contribution in [-0.2, 0) is 9.53 Å². The molecule has 132 valence electrons. The molecule has 3 rings (SSSR count). The second kappa shape index (κ2) is 6.64. The van der Waals surface area contributed by atoms with Crippen LogP contribution >= 0.6 is 0 Å². The summed E-state index contributed by atoms with van der Waals surface area (Å²) in [6, 6.07) is 2.77. The van der Waals surface area contributed by atoms with Crippen molar-refractivity contribution >= 4 is 5.91 Å². The number of rotatable bonds is 6. The SMILES string of the molecule is O=C(COc1cc(F)cc(F)c1)NCC1(CO)CC12CCOCC2. The molecule has 1 heterocycles. The van der Waals surface area contributed by atoms with E-state index in [9.17, 15) is 18.7 Å². The Kier molecular flexibility index (Phi) is 4.73. The quantitative estimate of drug-likeness (QED) is 0.825. The van der Waals surface area contributed by atoms with E-state index >= 15 is 0 Å². The predicted octanol–water partition coefficient (Wildman–Crippen LogP) is 1.64. The first-order valence-electron chi connectivity index (χ1n) is 8.03. The smallest absolute Gasteiger partial charge is 0.257 e. The van der Waals surface area contributed by atoms with Crippen molar-refractivity contribution in [3.63, 3.8) is 0 Å². The van der Waals surface area contributed by atoms with Crippen LogP contribution < -0.4 is 10.1 Å². The lowest BCUT2D eigenvalue weighted by Gasteiger charge is -2.28. The first-order chi connectivity index (χ1) is 11.5. The minimum Gasteiger partial charge on any atom is -0.484 e. The van der Waals surface area contributed by atoms with Crippen LogP contribution in [-0.4, -0.2) is 44.0 Å². The van der Waals surface area contributed by atoms with Crippen LogP contribution in [0, 0.1) is 22.5 Å². The molecule has 7 heteroatoms. The van der Waals surface area contributed by atoms with E-state index in [0.717, 1.165) is 37.5 Å². The van der Waals surface area contributed by atoms with Crippen LogP contribution in [0.2, 0.25) is 0 Å². The van der Waals surface area contributed by atoms with Gasteiger partial charge in [-0.15, -0.1) is 0 Å². The van der Waals surface area contributed by atoms with Gasteiger partial charge in [0.2, 0.25) is 0 Å².